The highest BCUT2D eigenvalue weighted by Crippen LogP contribution is 2.39. The molecule has 0 atom stereocenters. The van der Waals surface area contributed by atoms with Crippen LogP contribution in [0.25, 0.3) is 0 Å². The lowest BCUT2D eigenvalue weighted by Gasteiger charge is -2.36. The van der Waals surface area contributed by atoms with Gasteiger partial charge in [0.05, 0.1) is 16.9 Å². The zero-order valence-corrected chi connectivity index (χ0v) is 21.7. The molecule has 36 heavy (non-hydrogen) atoms. The Kier molecular flexibility index (Phi) is 6.39. The fraction of sp³-hybridized carbons (Fsp3) is 0.464. The molecule has 3 aliphatic heterocycles. The third-order valence-corrected chi connectivity index (χ3v) is 8.69. The number of hydrogen-bond donors (Lipinski definition) is 1. The molecule has 1 fully saturated rings. The molecule has 1 aromatic carbocycles. The van der Waals surface area contributed by atoms with Crippen molar-refractivity contribution in [2.24, 2.45) is 4.99 Å². The zero-order chi connectivity index (χ0) is 24.6. The Morgan fingerprint density at radius 1 is 0.944 bits per heavy atom. The number of hydrogen-bond acceptors (Lipinski definition) is 7. The Balaban J connectivity index is 1.03. The van der Waals surface area contributed by atoms with Crippen LogP contribution in [-0.2, 0) is 9.59 Å². The normalized spacial score (nSPS) is 20.1. The van der Waals surface area contributed by atoms with Crippen LogP contribution in [0.4, 0.5) is 16.4 Å². The molecule has 188 valence electrons. The fourth-order valence-electron chi connectivity index (χ4n) is 5.77. The SMILES string of the molecule is Cc1cc2c(s1)Nc1ccccc1N=C2N1CCN(CCCCN2C(=O)C3=C(CCCC3)C2=O)CC1. The standard InChI is InChI=1S/C28H33N5O2S/c1-19-18-22-25(29-23-10-4-5-11-24(23)30-26(22)36-19)32-16-14-31(15-17-32)12-6-7-13-33-27(34)20-8-2-3-9-21(20)28(33)35/h4-5,10-11,18,30H,2-3,6-9,12-17H2,1H3. The third kappa shape index (κ3) is 4.37. The number of thiophene rings is 1. The summed E-state index contributed by atoms with van der Waals surface area (Å²) < 4.78 is 0. The first-order valence-electron chi connectivity index (χ1n) is 13.2. The molecule has 4 aliphatic rings. The number of imide groups is 1. The summed E-state index contributed by atoms with van der Waals surface area (Å²) in [6.07, 6.45) is 5.47. The van der Waals surface area contributed by atoms with Crippen molar-refractivity contribution in [3.63, 3.8) is 0 Å². The minimum atomic E-state index is -0.0217. The smallest absolute Gasteiger partial charge is 0.257 e. The minimum absolute atomic E-state index is 0.0217. The molecule has 7 nitrogen and oxygen atoms in total. The van der Waals surface area contributed by atoms with Gasteiger partial charge in [-0.15, -0.1) is 11.3 Å². The van der Waals surface area contributed by atoms with E-state index in [9.17, 15) is 9.59 Å². The summed E-state index contributed by atoms with van der Waals surface area (Å²) >= 11 is 1.78. The van der Waals surface area contributed by atoms with E-state index < -0.39 is 0 Å². The van der Waals surface area contributed by atoms with Crippen LogP contribution in [0.15, 0.2) is 46.5 Å². The average Bonchev–Trinajstić information content (AvgIpc) is 3.32. The largest absolute Gasteiger partial charge is 0.353 e. The van der Waals surface area contributed by atoms with E-state index in [1.807, 2.05) is 12.1 Å². The van der Waals surface area contributed by atoms with Gasteiger partial charge in [0, 0.05) is 48.7 Å². The molecule has 2 amide bonds. The van der Waals surface area contributed by atoms with Gasteiger partial charge in [-0.3, -0.25) is 19.4 Å². The summed E-state index contributed by atoms with van der Waals surface area (Å²) in [5.74, 6) is 1.02. The molecule has 0 unspecified atom stereocenters. The van der Waals surface area contributed by atoms with Crippen molar-refractivity contribution in [2.75, 3.05) is 44.6 Å². The maximum Gasteiger partial charge on any atom is 0.257 e. The maximum absolute atomic E-state index is 12.6. The summed E-state index contributed by atoms with van der Waals surface area (Å²) in [6.45, 7) is 7.56. The first kappa shape index (κ1) is 23.4. The van der Waals surface area contributed by atoms with Crippen LogP contribution in [0, 0.1) is 6.92 Å². The van der Waals surface area contributed by atoms with Crippen molar-refractivity contribution in [1.29, 1.82) is 0 Å². The number of carbonyl (C=O) groups is 2. The van der Waals surface area contributed by atoms with Gasteiger partial charge in [0.2, 0.25) is 0 Å². The number of anilines is 2. The number of piperazine rings is 1. The number of para-hydroxylation sites is 2. The number of aliphatic imine (C=N–C) groups is 1. The number of aryl methyl sites for hydroxylation is 1. The topological polar surface area (TPSA) is 68.2 Å². The number of benzene rings is 1. The van der Waals surface area contributed by atoms with Gasteiger partial charge in [0.25, 0.3) is 11.8 Å². The number of nitrogens with one attached hydrogen (secondary N) is 1. The Morgan fingerprint density at radius 2 is 1.64 bits per heavy atom. The molecular weight excluding hydrogens is 470 g/mol. The van der Waals surface area contributed by atoms with Crippen LogP contribution in [0.1, 0.15) is 49.0 Å². The van der Waals surface area contributed by atoms with E-state index in [2.05, 4.69) is 40.2 Å². The Morgan fingerprint density at radius 3 is 2.39 bits per heavy atom. The lowest BCUT2D eigenvalue weighted by atomic mass is 9.93. The van der Waals surface area contributed by atoms with Crippen LogP contribution in [0.2, 0.25) is 0 Å². The molecule has 1 saturated heterocycles. The van der Waals surface area contributed by atoms with Crippen LogP contribution in [-0.4, -0.2) is 71.6 Å². The van der Waals surface area contributed by atoms with Crippen LogP contribution in [0.3, 0.4) is 0 Å². The van der Waals surface area contributed by atoms with E-state index in [0.29, 0.717) is 6.54 Å². The van der Waals surface area contributed by atoms with Crippen molar-refractivity contribution in [1.82, 2.24) is 14.7 Å². The maximum atomic E-state index is 12.6. The molecule has 0 saturated carbocycles. The van der Waals surface area contributed by atoms with E-state index in [-0.39, 0.29) is 11.8 Å². The predicted octanol–water partition coefficient (Wildman–Crippen LogP) is 4.83. The van der Waals surface area contributed by atoms with Gasteiger partial charge in [0.15, 0.2) is 0 Å². The molecule has 1 aliphatic carbocycles. The van der Waals surface area contributed by atoms with Crippen molar-refractivity contribution >= 4 is 45.4 Å². The monoisotopic (exact) mass is 503 g/mol. The second-order valence-corrected chi connectivity index (χ2v) is 11.4. The lowest BCUT2D eigenvalue weighted by Crippen LogP contribution is -2.49. The summed E-state index contributed by atoms with van der Waals surface area (Å²) in [5.41, 5.74) is 4.83. The van der Waals surface area contributed by atoms with Crippen LogP contribution < -0.4 is 5.32 Å². The highest BCUT2D eigenvalue weighted by molar-refractivity contribution is 7.16. The predicted molar refractivity (Wildman–Crippen MR) is 144 cm³/mol. The Bertz CT molecular complexity index is 1230. The van der Waals surface area contributed by atoms with E-state index in [1.54, 1.807) is 11.3 Å². The van der Waals surface area contributed by atoms with E-state index in [4.69, 9.17) is 4.99 Å². The molecule has 1 aromatic heterocycles. The number of rotatable bonds is 5. The molecule has 1 N–H and O–H groups in total. The highest BCUT2D eigenvalue weighted by atomic mass is 32.1. The second-order valence-electron chi connectivity index (χ2n) is 10.1. The molecular formula is C28H33N5O2S. The number of nitrogens with zero attached hydrogens (tertiary/aromatic N) is 4. The van der Waals surface area contributed by atoms with Crippen LogP contribution in [0.5, 0.6) is 0 Å². The van der Waals surface area contributed by atoms with Gasteiger partial charge in [-0.2, -0.15) is 0 Å². The summed E-state index contributed by atoms with van der Waals surface area (Å²) in [7, 11) is 0. The molecule has 0 spiro atoms. The quantitative estimate of drug-likeness (QED) is 0.468. The van der Waals surface area contributed by atoms with Crippen molar-refractivity contribution in [3.05, 3.63) is 51.9 Å². The third-order valence-electron chi connectivity index (χ3n) is 7.73. The second kappa shape index (κ2) is 9.82. The van der Waals surface area contributed by atoms with E-state index in [0.717, 1.165) is 99.6 Å². The van der Waals surface area contributed by atoms with Gasteiger partial charge < -0.3 is 10.2 Å². The average molecular weight is 504 g/mol. The zero-order valence-electron chi connectivity index (χ0n) is 20.9. The number of carbonyl (C=O) groups excluding carboxylic acids is 2. The van der Waals surface area contributed by atoms with Gasteiger partial charge >= 0.3 is 0 Å². The number of amides is 2. The van der Waals surface area contributed by atoms with Gasteiger partial charge in [0.1, 0.15) is 10.8 Å². The Labute approximate surface area is 216 Å². The van der Waals surface area contributed by atoms with Crippen molar-refractivity contribution < 1.29 is 9.59 Å². The molecule has 8 heteroatoms. The molecule has 0 bridgehead atoms. The van der Waals surface area contributed by atoms with Gasteiger partial charge in [-0.1, -0.05) is 12.1 Å². The molecule has 2 aromatic rings. The summed E-state index contributed by atoms with van der Waals surface area (Å²) in [4.78, 5) is 38.1. The molecule has 6 rings (SSSR count). The van der Waals surface area contributed by atoms with Crippen molar-refractivity contribution in [2.45, 2.75) is 45.4 Å². The van der Waals surface area contributed by atoms with Gasteiger partial charge in [-0.25, -0.2) is 4.99 Å². The highest BCUT2D eigenvalue weighted by Gasteiger charge is 2.38. The van der Waals surface area contributed by atoms with E-state index >= 15 is 0 Å². The number of amidine groups is 1. The molecule has 4 heterocycles. The summed E-state index contributed by atoms with van der Waals surface area (Å²) in [5, 5.41) is 4.76. The number of unbranched alkanes of at least 4 members (excludes halogenated alkanes) is 1. The minimum Gasteiger partial charge on any atom is -0.353 e. The van der Waals surface area contributed by atoms with Crippen LogP contribution >= 0.6 is 11.3 Å². The van der Waals surface area contributed by atoms with E-state index in [1.165, 1.54) is 20.3 Å². The van der Waals surface area contributed by atoms with Gasteiger partial charge in [-0.05, 0) is 70.2 Å². The fourth-order valence-corrected chi connectivity index (χ4v) is 6.69. The Hall–Kier alpha value is -2.97. The first-order chi connectivity index (χ1) is 17.6. The first-order valence-corrected chi connectivity index (χ1v) is 14.0. The number of fused-ring (bicyclic) bond motifs is 2. The lowest BCUT2D eigenvalue weighted by molar-refractivity contribution is -0.137. The summed E-state index contributed by atoms with van der Waals surface area (Å²) in [6, 6.07) is 10.5. The van der Waals surface area contributed by atoms with Crippen molar-refractivity contribution in [3.8, 4) is 0 Å². The molecule has 0 radical (unpaired) electrons.